The van der Waals surface area contributed by atoms with E-state index in [9.17, 15) is 18.4 Å². The number of fused-ring (bicyclic) bond motifs is 1. The summed E-state index contributed by atoms with van der Waals surface area (Å²) in [5.41, 5.74) is 5.76. The van der Waals surface area contributed by atoms with E-state index in [1.165, 1.54) is 18.2 Å². The highest BCUT2D eigenvalue weighted by Crippen LogP contribution is 2.47. The molecule has 1 unspecified atom stereocenters. The number of nitrogens with two attached hydrogens (primary N) is 1. The number of nitrogens with one attached hydrogen (secondary N) is 1. The van der Waals surface area contributed by atoms with Crippen molar-refractivity contribution < 1.29 is 17.9 Å². The quantitative estimate of drug-likeness (QED) is 0.804. The van der Waals surface area contributed by atoms with Gasteiger partial charge >= 0.3 is 6.18 Å². The van der Waals surface area contributed by atoms with Gasteiger partial charge in [0.2, 0.25) is 11.6 Å². The molecular formula is C18H17F3N4O. The number of hydrogen-bond donors (Lipinski definition) is 2. The second kappa shape index (κ2) is 5.80. The van der Waals surface area contributed by atoms with Crippen molar-refractivity contribution in [3.63, 3.8) is 0 Å². The predicted octanol–water partition coefficient (Wildman–Crippen LogP) is 3.94. The molecule has 3 N–H and O–H groups in total. The Balaban J connectivity index is 2.34. The Bertz CT molecular complexity index is 929. The van der Waals surface area contributed by atoms with E-state index < -0.39 is 23.1 Å². The molecule has 0 fully saturated rings. The molecule has 0 aliphatic carbocycles. The molecule has 3 rings (SSSR count). The molecule has 0 saturated carbocycles. The maximum atomic E-state index is 13.6. The molecule has 8 heteroatoms. The van der Waals surface area contributed by atoms with Gasteiger partial charge in [0, 0.05) is 11.1 Å². The van der Waals surface area contributed by atoms with Gasteiger partial charge in [-0.1, -0.05) is 39.0 Å². The first-order valence-corrected chi connectivity index (χ1v) is 7.88. The molecule has 0 saturated heterocycles. The topological polar surface area (TPSA) is 87.7 Å². The number of H-pyrrole nitrogens is 1. The molecule has 1 atom stereocenters. The average Bonchev–Trinajstić information content (AvgIpc) is 2.97. The molecule has 1 aliphatic rings. The average molecular weight is 362 g/mol. The monoisotopic (exact) mass is 362 g/mol. The lowest BCUT2D eigenvalue weighted by Crippen LogP contribution is -2.26. The van der Waals surface area contributed by atoms with E-state index in [2.05, 4.69) is 10.2 Å². The summed E-state index contributed by atoms with van der Waals surface area (Å²) in [6.07, 6.45) is -4.56. The van der Waals surface area contributed by atoms with Crippen molar-refractivity contribution in [2.75, 3.05) is 0 Å². The molecule has 136 valence electrons. The molecule has 2 aromatic rings. The van der Waals surface area contributed by atoms with Crippen LogP contribution in [0.2, 0.25) is 0 Å². The highest BCUT2D eigenvalue weighted by Gasteiger charge is 2.42. The zero-order valence-corrected chi connectivity index (χ0v) is 14.4. The Hall–Kier alpha value is -2.95. The fourth-order valence-electron chi connectivity index (χ4n) is 3.11. The van der Waals surface area contributed by atoms with Gasteiger partial charge in [-0.3, -0.25) is 5.10 Å². The summed E-state index contributed by atoms with van der Waals surface area (Å²) < 4.78 is 46.1. The molecule has 1 aromatic heterocycles. The van der Waals surface area contributed by atoms with E-state index in [0.29, 0.717) is 11.3 Å². The number of alkyl halides is 3. The Morgan fingerprint density at radius 1 is 1.23 bits per heavy atom. The zero-order valence-electron chi connectivity index (χ0n) is 14.4. The third-order valence-corrected chi connectivity index (χ3v) is 4.26. The molecule has 0 bridgehead atoms. The minimum Gasteiger partial charge on any atom is -0.424 e. The van der Waals surface area contributed by atoms with Crippen LogP contribution in [0.4, 0.5) is 13.2 Å². The number of ether oxygens (including phenoxy) is 1. The van der Waals surface area contributed by atoms with E-state index in [-0.39, 0.29) is 22.9 Å². The van der Waals surface area contributed by atoms with Crippen LogP contribution in [0.1, 0.15) is 49.1 Å². The third kappa shape index (κ3) is 2.79. The molecule has 0 amide bonds. The van der Waals surface area contributed by atoms with Crippen LogP contribution in [0.15, 0.2) is 35.7 Å². The summed E-state index contributed by atoms with van der Waals surface area (Å²) in [7, 11) is 0. The maximum Gasteiger partial charge on any atom is 0.416 e. The summed E-state index contributed by atoms with van der Waals surface area (Å²) in [5.74, 6) is -1.16. The van der Waals surface area contributed by atoms with Gasteiger partial charge in [0.1, 0.15) is 6.07 Å². The molecule has 5 nitrogen and oxygen atoms in total. The summed E-state index contributed by atoms with van der Waals surface area (Å²) >= 11 is 0. The van der Waals surface area contributed by atoms with E-state index >= 15 is 0 Å². The lowest BCUT2D eigenvalue weighted by molar-refractivity contribution is -0.138. The van der Waals surface area contributed by atoms with Gasteiger partial charge < -0.3 is 10.5 Å². The van der Waals surface area contributed by atoms with Crippen molar-refractivity contribution >= 4 is 0 Å². The Morgan fingerprint density at radius 3 is 2.46 bits per heavy atom. The van der Waals surface area contributed by atoms with E-state index in [0.717, 1.165) is 6.07 Å². The second-order valence-corrected chi connectivity index (χ2v) is 7.08. The number of allylic oxidation sites excluding steroid dienone is 2. The molecule has 0 radical (unpaired) electrons. The number of benzene rings is 1. The summed E-state index contributed by atoms with van der Waals surface area (Å²) in [6.45, 7) is 5.69. The summed E-state index contributed by atoms with van der Waals surface area (Å²) in [4.78, 5) is 0. The highest BCUT2D eigenvalue weighted by molar-refractivity contribution is 5.56. The van der Waals surface area contributed by atoms with Gasteiger partial charge in [-0.2, -0.15) is 18.4 Å². The van der Waals surface area contributed by atoms with E-state index in [1.54, 1.807) is 6.07 Å². The van der Waals surface area contributed by atoms with Crippen molar-refractivity contribution in [2.24, 2.45) is 5.73 Å². The maximum absolute atomic E-state index is 13.6. The number of nitriles is 1. The van der Waals surface area contributed by atoms with Crippen LogP contribution >= 0.6 is 0 Å². The minimum absolute atomic E-state index is 0.0401. The normalized spacial score (nSPS) is 17.5. The molecule has 1 aliphatic heterocycles. The molecular weight excluding hydrogens is 345 g/mol. The van der Waals surface area contributed by atoms with Crippen LogP contribution in [0.5, 0.6) is 5.88 Å². The third-order valence-electron chi connectivity index (χ3n) is 4.26. The van der Waals surface area contributed by atoms with Crippen LogP contribution < -0.4 is 10.5 Å². The van der Waals surface area contributed by atoms with Crippen LogP contribution in [-0.2, 0) is 11.6 Å². The SMILES string of the molecule is CC(C)(C)c1[nH]nc2c1C(c1ccccc1C(F)(F)F)C(N)=C(C#N)O2. The van der Waals surface area contributed by atoms with E-state index in [4.69, 9.17) is 10.5 Å². The lowest BCUT2D eigenvalue weighted by Gasteiger charge is -2.29. The van der Waals surface area contributed by atoms with Crippen molar-refractivity contribution in [2.45, 2.75) is 38.3 Å². The van der Waals surface area contributed by atoms with Crippen LogP contribution in [0, 0.1) is 11.3 Å². The Morgan fingerprint density at radius 2 is 1.88 bits per heavy atom. The van der Waals surface area contributed by atoms with Crippen LogP contribution in [-0.4, -0.2) is 10.2 Å². The molecule has 2 heterocycles. The predicted molar refractivity (Wildman–Crippen MR) is 88.0 cm³/mol. The standard InChI is InChI=1S/C18H17F3N4O/c1-17(2,3)15-13-12(9-6-4-5-7-10(9)18(19,20)21)14(23)11(8-22)26-16(13)25-24-15/h4-7,12H,23H2,1-3H3,(H,24,25). The van der Waals surface area contributed by atoms with Crippen molar-refractivity contribution in [3.8, 4) is 11.9 Å². The van der Waals surface area contributed by atoms with Gasteiger partial charge in [0.25, 0.3) is 0 Å². The van der Waals surface area contributed by atoms with Crippen LogP contribution in [0.25, 0.3) is 0 Å². The molecule has 26 heavy (non-hydrogen) atoms. The first kappa shape index (κ1) is 17.9. The fourth-order valence-corrected chi connectivity index (χ4v) is 3.11. The van der Waals surface area contributed by atoms with Gasteiger partial charge in [0.15, 0.2) is 0 Å². The fraction of sp³-hybridized carbons (Fsp3) is 0.333. The summed E-state index contributed by atoms with van der Waals surface area (Å²) in [5, 5.41) is 16.2. The number of nitrogens with zero attached hydrogens (tertiary/aromatic N) is 2. The smallest absolute Gasteiger partial charge is 0.416 e. The minimum atomic E-state index is -4.56. The number of hydrogen-bond acceptors (Lipinski definition) is 4. The second-order valence-electron chi connectivity index (χ2n) is 7.08. The number of rotatable bonds is 1. The number of halogens is 3. The summed E-state index contributed by atoms with van der Waals surface area (Å²) in [6, 6.07) is 6.99. The highest BCUT2D eigenvalue weighted by atomic mass is 19.4. The van der Waals surface area contributed by atoms with Gasteiger partial charge in [-0.15, -0.1) is 5.10 Å². The van der Waals surface area contributed by atoms with Crippen molar-refractivity contribution in [1.29, 1.82) is 5.26 Å². The van der Waals surface area contributed by atoms with Crippen molar-refractivity contribution in [3.05, 3.63) is 58.1 Å². The van der Waals surface area contributed by atoms with Gasteiger partial charge in [-0.25, -0.2) is 0 Å². The Labute approximate surface area is 148 Å². The zero-order chi connectivity index (χ0) is 19.3. The van der Waals surface area contributed by atoms with E-state index in [1.807, 2.05) is 20.8 Å². The largest absolute Gasteiger partial charge is 0.424 e. The molecule has 1 aromatic carbocycles. The number of aromatic amines is 1. The Kier molecular flexibility index (Phi) is 3.98. The van der Waals surface area contributed by atoms with Gasteiger partial charge in [-0.05, 0) is 11.6 Å². The van der Waals surface area contributed by atoms with Crippen LogP contribution in [0.3, 0.4) is 0 Å². The first-order chi connectivity index (χ1) is 12.1. The lowest BCUT2D eigenvalue weighted by atomic mass is 9.79. The molecule has 0 spiro atoms. The number of aromatic nitrogens is 2. The van der Waals surface area contributed by atoms with Crippen molar-refractivity contribution in [1.82, 2.24) is 10.2 Å². The van der Waals surface area contributed by atoms with Gasteiger partial charge in [0.05, 0.1) is 22.7 Å². The first-order valence-electron chi connectivity index (χ1n) is 7.88.